The Balaban J connectivity index is 2.09. The van der Waals surface area contributed by atoms with Crippen molar-refractivity contribution in [1.82, 2.24) is 10.2 Å². The van der Waals surface area contributed by atoms with Gasteiger partial charge in [0.2, 0.25) is 5.91 Å². The van der Waals surface area contributed by atoms with Crippen LogP contribution < -0.4 is 11.1 Å². The van der Waals surface area contributed by atoms with Gasteiger partial charge in [-0.1, -0.05) is 19.1 Å². The standard InChI is InChI=1S/C16H24FN3O2/c1-12(10-18)16(21)19-11-15(20-5-7-22-8-6-20)13-3-2-4-14(17)9-13/h2-4,9,12,15H,5-8,10-11,18H2,1H3,(H,19,21). The van der Waals surface area contributed by atoms with Crippen LogP contribution in [0.1, 0.15) is 18.5 Å². The first-order chi connectivity index (χ1) is 10.6. The van der Waals surface area contributed by atoms with Crippen molar-refractivity contribution in [3.8, 4) is 0 Å². The minimum Gasteiger partial charge on any atom is -0.379 e. The van der Waals surface area contributed by atoms with E-state index in [4.69, 9.17) is 10.5 Å². The predicted molar refractivity (Wildman–Crippen MR) is 82.8 cm³/mol. The third-order valence-electron chi connectivity index (χ3n) is 3.99. The second-order valence-electron chi connectivity index (χ2n) is 5.60. The third-order valence-corrected chi connectivity index (χ3v) is 3.99. The molecule has 0 bridgehead atoms. The summed E-state index contributed by atoms with van der Waals surface area (Å²) >= 11 is 0. The van der Waals surface area contributed by atoms with Crippen molar-refractivity contribution in [1.29, 1.82) is 0 Å². The molecule has 6 heteroatoms. The topological polar surface area (TPSA) is 67.6 Å². The highest BCUT2D eigenvalue weighted by Gasteiger charge is 2.24. The Bertz CT molecular complexity index is 492. The second kappa shape index (κ2) is 8.22. The zero-order valence-electron chi connectivity index (χ0n) is 12.9. The van der Waals surface area contributed by atoms with Crippen molar-refractivity contribution in [3.05, 3.63) is 35.6 Å². The number of nitrogens with two attached hydrogens (primary N) is 1. The summed E-state index contributed by atoms with van der Waals surface area (Å²) in [6.45, 7) is 5.38. The Morgan fingerprint density at radius 1 is 1.45 bits per heavy atom. The van der Waals surface area contributed by atoms with Crippen LogP contribution in [-0.4, -0.2) is 50.2 Å². The average Bonchev–Trinajstić information content (AvgIpc) is 2.55. The summed E-state index contributed by atoms with van der Waals surface area (Å²) in [5.74, 6) is -0.563. The SMILES string of the molecule is CC(CN)C(=O)NCC(c1cccc(F)c1)N1CCOCC1. The number of hydrogen-bond donors (Lipinski definition) is 2. The van der Waals surface area contributed by atoms with Crippen LogP contribution in [0.2, 0.25) is 0 Å². The predicted octanol–water partition coefficient (Wildman–Crippen LogP) is 0.910. The zero-order valence-corrected chi connectivity index (χ0v) is 12.9. The van der Waals surface area contributed by atoms with Gasteiger partial charge in [-0.05, 0) is 17.7 Å². The van der Waals surface area contributed by atoms with E-state index in [0.29, 0.717) is 26.3 Å². The van der Waals surface area contributed by atoms with E-state index >= 15 is 0 Å². The molecule has 1 heterocycles. The Labute approximate surface area is 130 Å². The van der Waals surface area contributed by atoms with Crippen LogP contribution in [0.25, 0.3) is 0 Å². The molecule has 0 aliphatic carbocycles. The first-order valence-corrected chi connectivity index (χ1v) is 7.67. The van der Waals surface area contributed by atoms with Gasteiger partial charge in [0.05, 0.1) is 19.3 Å². The number of amides is 1. The highest BCUT2D eigenvalue weighted by Crippen LogP contribution is 2.22. The number of morpholine rings is 1. The molecule has 122 valence electrons. The van der Waals surface area contributed by atoms with Gasteiger partial charge in [-0.25, -0.2) is 4.39 Å². The molecule has 1 saturated heterocycles. The number of nitrogens with one attached hydrogen (secondary N) is 1. The maximum atomic E-state index is 13.5. The smallest absolute Gasteiger partial charge is 0.224 e. The van der Waals surface area contributed by atoms with Gasteiger partial charge in [0.1, 0.15) is 5.82 Å². The van der Waals surface area contributed by atoms with E-state index < -0.39 is 0 Å². The summed E-state index contributed by atoms with van der Waals surface area (Å²) in [4.78, 5) is 14.2. The van der Waals surface area contributed by atoms with Crippen LogP contribution >= 0.6 is 0 Å². The number of ether oxygens (including phenoxy) is 1. The number of halogens is 1. The number of benzene rings is 1. The van der Waals surface area contributed by atoms with Gasteiger partial charge in [-0.2, -0.15) is 0 Å². The maximum Gasteiger partial charge on any atom is 0.224 e. The molecule has 0 spiro atoms. The largest absolute Gasteiger partial charge is 0.379 e. The molecule has 0 saturated carbocycles. The van der Waals surface area contributed by atoms with E-state index in [9.17, 15) is 9.18 Å². The van der Waals surface area contributed by atoms with Crippen molar-refractivity contribution in [2.75, 3.05) is 39.4 Å². The fraction of sp³-hybridized carbons (Fsp3) is 0.562. The van der Waals surface area contributed by atoms with Crippen molar-refractivity contribution in [2.24, 2.45) is 11.7 Å². The van der Waals surface area contributed by atoms with Crippen LogP contribution in [-0.2, 0) is 9.53 Å². The molecule has 5 nitrogen and oxygen atoms in total. The second-order valence-corrected chi connectivity index (χ2v) is 5.60. The number of nitrogens with zero attached hydrogens (tertiary/aromatic N) is 1. The van der Waals surface area contributed by atoms with E-state index in [1.165, 1.54) is 12.1 Å². The molecule has 22 heavy (non-hydrogen) atoms. The number of carbonyl (C=O) groups excluding carboxylic acids is 1. The van der Waals surface area contributed by atoms with Gasteiger partial charge in [-0.15, -0.1) is 0 Å². The van der Waals surface area contributed by atoms with Crippen LogP contribution in [0.15, 0.2) is 24.3 Å². The Morgan fingerprint density at radius 2 is 2.18 bits per heavy atom. The normalized spacial score (nSPS) is 18.7. The third kappa shape index (κ3) is 4.50. The van der Waals surface area contributed by atoms with Gasteiger partial charge < -0.3 is 15.8 Å². The molecule has 1 amide bonds. The lowest BCUT2D eigenvalue weighted by Gasteiger charge is -2.35. The fourth-order valence-corrected chi connectivity index (χ4v) is 2.54. The number of hydrogen-bond acceptors (Lipinski definition) is 4. The molecule has 1 aromatic rings. The lowest BCUT2D eigenvalue weighted by molar-refractivity contribution is -0.124. The van der Waals surface area contributed by atoms with Gasteiger partial charge in [0.25, 0.3) is 0 Å². The molecular formula is C16H24FN3O2. The summed E-state index contributed by atoms with van der Waals surface area (Å²) in [7, 11) is 0. The quantitative estimate of drug-likeness (QED) is 0.820. The lowest BCUT2D eigenvalue weighted by Crippen LogP contribution is -2.45. The summed E-state index contributed by atoms with van der Waals surface area (Å²) in [6, 6.07) is 6.48. The molecule has 3 N–H and O–H groups in total. The molecule has 1 aliphatic heterocycles. The minimum absolute atomic E-state index is 0.0616. The summed E-state index contributed by atoms with van der Waals surface area (Å²) in [5, 5.41) is 2.92. The highest BCUT2D eigenvalue weighted by molar-refractivity contribution is 5.78. The molecule has 2 atom stereocenters. The maximum absolute atomic E-state index is 13.5. The average molecular weight is 309 g/mol. The van der Waals surface area contributed by atoms with Gasteiger partial charge in [0, 0.05) is 32.1 Å². The van der Waals surface area contributed by atoms with Gasteiger partial charge >= 0.3 is 0 Å². The van der Waals surface area contributed by atoms with Crippen molar-refractivity contribution in [3.63, 3.8) is 0 Å². The molecule has 2 rings (SSSR count). The highest BCUT2D eigenvalue weighted by atomic mass is 19.1. The summed E-state index contributed by atoms with van der Waals surface area (Å²) < 4.78 is 18.9. The number of carbonyl (C=O) groups is 1. The number of rotatable bonds is 6. The van der Waals surface area contributed by atoms with Crippen LogP contribution in [0, 0.1) is 11.7 Å². The van der Waals surface area contributed by atoms with E-state index in [2.05, 4.69) is 10.2 Å². The van der Waals surface area contributed by atoms with E-state index in [-0.39, 0.29) is 23.7 Å². The van der Waals surface area contributed by atoms with Gasteiger partial charge in [0.15, 0.2) is 0 Å². The minimum atomic E-state index is -0.266. The monoisotopic (exact) mass is 309 g/mol. The van der Waals surface area contributed by atoms with E-state index in [1.807, 2.05) is 6.07 Å². The van der Waals surface area contributed by atoms with Crippen LogP contribution in [0.4, 0.5) is 4.39 Å². The van der Waals surface area contributed by atoms with Gasteiger partial charge in [-0.3, -0.25) is 9.69 Å². The van der Waals surface area contributed by atoms with Crippen LogP contribution in [0.3, 0.4) is 0 Å². The molecule has 2 unspecified atom stereocenters. The van der Waals surface area contributed by atoms with E-state index in [1.54, 1.807) is 13.0 Å². The van der Waals surface area contributed by atoms with Crippen molar-refractivity contribution < 1.29 is 13.9 Å². The molecule has 0 radical (unpaired) electrons. The first kappa shape index (κ1) is 16.9. The van der Waals surface area contributed by atoms with Crippen molar-refractivity contribution >= 4 is 5.91 Å². The zero-order chi connectivity index (χ0) is 15.9. The Hall–Kier alpha value is -1.50. The van der Waals surface area contributed by atoms with E-state index in [0.717, 1.165) is 18.7 Å². The fourth-order valence-electron chi connectivity index (χ4n) is 2.54. The molecule has 1 fully saturated rings. The lowest BCUT2D eigenvalue weighted by atomic mass is 10.0. The van der Waals surface area contributed by atoms with Crippen molar-refractivity contribution in [2.45, 2.75) is 13.0 Å². The van der Waals surface area contributed by atoms with Crippen LogP contribution in [0.5, 0.6) is 0 Å². The Kier molecular flexibility index (Phi) is 6.30. The molecule has 0 aromatic heterocycles. The molecule has 1 aromatic carbocycles. The first-order valence-electron chi connectivity index (χ1n) is 7.67. The Morgan fingerprint density at radius 3 is 2.82 bits per heavy atom. The molecular weight excluding hydrogens is 285 g/mol. The summed E-state index contributed by atoms with van der Waals surface area (Å²) in [6.07, 6.45) is 0. The summed E-state index contributed by atoms with van der Waals surface area (Å²) in [5.41, 5.74) is 6.38. The molecule has 1 aliphatic rings.